The molecule has 0 radical (unpaired) electrons. The molecule has 21 heavy (non-hydrogen) atoms. The van der Waals surface area contributed by atoms with Gasteiger partial charge >= 0.3 is 0 Å². The normalized spacial score (nSPS) is 11.9. The monoisotopic (exact) mass is 317 g/mol. The number of hydrogen-bond acceptors (Lipinski definition) is 4. The Morgan fingerprint density at radius 1 is 1.43 bits per heavy atom. The molecule has 1 rings (SSSR count). The van der Waals surface area contributed by atoms with E-state index >= 15 is 0 Å². The first-order valence-electron chi connectivity index (χ1n) is 6.42. The highest BCUT2D eigenvalue weighted by Crippen LogP contribution is 2.22. The van der Waals surface area contributed by atoms with Crippen molar-refractivity contribution in [1.29, 1.82) is 0 Å². The number of nitrogens with one attached hydrogen (secondary N) is 1. The largest absolute Gasteiger partial charge is 0.398 e. The summed E-state index contributed by atoms with van der Waals surface area (Å²) in [5.41, 5.74) is 5.51. The van der Waals surface area contributed by atoms with Crippen molar-refractivity contribution in [1.82, 2.24) is 9.62 Å². The van der Waals surface area contributed by atoms with Gasteiger partial charge in [0, 0.05) is 13.6 Å². The zero-order chi connectivity index (χ0) is 16.2. The van der Waals surface area contributed by atoms with Gasteiger partial charge in [-0.3, -0.25) is 4.79 Å². The van der Waals surface area contributed by atoms with Crippen molar-refractivity contribution in [2.24, 2.45) is 5.92 Å². The lowest BCUT2D eigenvalue weighted by Crippen LogP contribution is -2.39. The number of sulfonamides is 1. The fourth-order valence-corrected chi connectivity index (χ4v) is 2.81. The zero-order valence-corrected chi connectivity index (χ0v) is 13.1. The number of anilines is 1. The summed E-state index contributed by atoms with van der Waals surface area (Å²) >= 11 is 0. The van der Waals surface area contributed by atoms with Crippen molar-refractivity contribution < 1.29 is 17.6 Å². The van der Waals surface area contributed by atoms with Gasteiger partial charge in [0.05, 0.1) is 12.2 Å². The Balaban J connectivity index is 2.87. The number of halogens is 1. The minimum absolute atomic E-state index is 0.0640. The summed E-state index contributed by atoms with van der Waals surface area (Å²) in [7, 11) is -2.77. The van der Waals surface area contributed by atoms with Crippen LogP contribution in [0, 0.1) is 11.7 Å². The summed E-state index contributed by atoms with van der Waals surface area (Å²) in [6, 6.07) is 3.09. The number of hydrogen-bond donors (Lipinski definition) is 2. The van der Waals surface area contributed by atoms with Crippen LogP contribution in [0.15, 0.2) is 23.1 Å². The molecule has 0 atom stereocenters. The molecule has 0 heterocycles. The van der Waals surface area contributed by atoms with E-state index in [1.54, 1.807) is 0 Å². The molecule has 3 N–H and O–H groups in total. The Labute approximate surface area is 124 Å². The third-order valence-corrected chi connectivity index (χ3v) is 4.60. The second-order valence-electron chi connectivity index (χ2n) is 5.14. The number of rotatable bonds is 6. The molecule has 6 nitrogen and oxygen atoms in total. The van der Waals surface area contributed by atoms with Crippen LogP contribution in [-0.4, -0.2) is 38.8 Å². The Morgan fingerprint density at radius 2 is 2.05 bits per heavy atom. The van der Waals surface area contributed by atoms with E-state index in [1.165, 1.54) is 13.1 Å². The second-order valence-corrected chi connectivity index (χ2v) is 7.15. The van der Waals surface area contributed by atoms with Crippen LogP contribution >= 0.6 is 0 Å². The predicted molar refractivity (Wildman–Crippen MR) is 78.5 cm³/mol. The molecule has 118 valence electrons. The summed E-state index contributed by atoms with van der Waals surface area (Å²) < 4.78 is 38.6. The molecule has 0 aliphatic carbocycles. The SMILES string of the molecule is CC(C)CNC(=O)CN(C)S(=O)(=O)c1cc(F)ccc1N. The predicted octanol–water partition coefficient (Wildman–Crippen LogP) is 0.801. The number of nitrogen functional groups attached to an aromatic ring is 1. The average Bonchev–Trinajstić information content (AvgIpc) is 2.39. The lowest BCUT2D eigenvalue weighted by atomic mass is 10.2. The summed E-state index contributed by atoms with van der Waals surface area (Å²) in [5.74, 6) is -0.875. The van der Waals surface area contributed by atoms with Crippen molar-refractivity contribution in [2.75, 3.05) is 25.9 Å². The standard InChI is InChI=1S/C13H20FN3O3S/c1-9(2)7-16-13(18)8-17(3)21(19,20)12-6-10(14)4-5-11(12)15/h4-6,9H,7-8,15H2,1-3H3,(H,16,18). The molecule has 0 spiro atoms. The first-order valence-corrected chi connectivity index (χ1v) is 7.86. The van der Waals surface area contributed by atoms with E-state index in [0.717, 1.165) is 16.4 Å². The molecule has 1 aromatic rings. The molecule has 0 unspecified atom stereocenters. The van der Waals surface area contributed by atoms with Crippen LogP contribution in [0.3, 0.4) is 0 Å². The Bertz CT molecular complexity index is 617. The molecule has 1 amide bonds. The first kappa shape index (κ1) is 17.4. The van der Waals surface area contributed by atoms with Crippen LogP contribution < -0.4 is 11.1 Å². The summed E-state index contributed by atoms with van der Waals surface area (Å²) in [6.45, 7) is 3.95. The fraction of sp³-hybridized carbons (Fsp3) is 0.462. The second kappa shape index (κ2) is 6.86. The van der Waals surface area contributed by atoms with Crippen LogP contribution in [0.2, 0.25) is 0 Å². The maximum Gasteiger partial charge on any atom is 0.245 e. The minimum atomic E-state index is -4.02. The van der Waals surface area contributed by atoms with Crippen molar-refractivity contribution in [3.8, 4) is 0 Å². The van der Waals surface area contributed by atoms with Crippen LogP contribution in [0.1, 0.15) is 13.8 Å². The highest BCUT2D eigenvalue weighted by Gasteiger charge is 2.25. The molecule has 0 aromatic heterocycles. The molecule has 1 aromatic carbocycles. The highest BCUT2D eigenvalue weighted by atomic mass is 32.2. The molecule has 0 aliphatic heterocycles. The van der Waals surface area contributed by atoms with Gasteiger partial charge in [0.25, 0.3) is 0 Å². The number of benzene rings is 1. The van der Waals surface area contributed by atoms with E-state index in [2.05, 4.69) is 5.32 Å². The maximum atomic E-state index is 13.2. The van der Waals surface area contributed by atoms with E-state index < -0.39 is 21.7 Å². The number of nitrogens with two attached hydrogens (primary N) is 1. The van der Waals surface area contributed by atoms with Crippen molar-refractivity contribution in [3.63, 3.8) is 0 Å². The van der Waals surface area contributed by atoms with Crippen molar-refractivity contribution >= 4 is 21.6 Å². The summed E-state index contributed by atoms with van der Waals surface area (Å²) in [5, 5.41) is 2.61. The molecule has 0 bridgehead atoms. The highest BCUT2D eigenvalue weighted by molar-refractivity contribution is 7.89. The van der Waals surface area contributed by atoms with Crippen LogP contribution in [0.4, 0.5) is 10.1 Å². The molecule has 0 fully saturated rings. The van der Waals surface area contributed by atoms with Gasteiger partial charge in [0.1, 0.15) is 10.7 Å². The van der Waals surface area contributed by atoms with Crippen LogP contribution in [-0.2, 0) is 14.8 Å². The van der Waals surface area contributed by atoms with Gasteiger partial charge in [0.2, 0.25) is 15.9 Å². The number of amides is 1. The van der Waals surface area contributed by atoms with Crippen LogP contribution in [0.5, 0.6) is 0 Å². The lowest BCUT2D eigenvalue weighted by molar-refractivity contribution is -0.121. The van der Waals surface area contributed by atoms with Gasteiger partial charge in [-0.15, -0.1) is 0 Å². The smallest absolute Gasteiger partial charge is 0.245 e. The van der Waals surface area contributed by atoms with Crippen molar-refractivity contribution in [3.05, 3.63) is 24.0 Å². The molecular weight excluding hydrogens is 297 g/mol. The third kappa shape index (κ3) is 4.68. The number of likely N-dealkylation sites (N-methyl/N-ethyl adjacent to an activating group) is 1. The molecule has 0 saturated carbocycles. The van der Waals surface area contributed by atoms with Gasteiger partial charge in [-0.2, -0.15) is 4.31 Å². The Hall–Kier alpha value is -1.67. The van der Waals surface area contributed by atoms with E-state index in [9.17, 15) is 17.6 Å². The Kier molecular flexibility index (Phi) is 5.68. The number of carbonyl (C=O) groups is 1. The van der Waals surface area contributed by atoms with E-state index in [4.69, 9.17) is 5.73 Å². The molecular formula is C13H20FN3O3S. The average molecular weight is 317 g/mol. The van der Waals surface area contributed by atoms with Gasteiger partial charge in [0.15, 0.2) is 0 Å². The lowest BCUT2D eigenvalue weighted by Gasteiger charge is -2.18. The quantitative estimate of drug-likeness (QED) is 0.759. The van der Waals surface area contributed by atoms with E-state index in [0.29, 0.717) is 6.54 Å². The van der Waals surface area contributed by atoms with Gasteiger partial charge < -0.3 is 11.1 Å². The number of nitrogens with zero attached hydrogens (tertiary/aromatic N) is 1. The van der Waals surface area contributed by atoms with Gasteiger partial charge in [-0.25, -0.2) is 12.8 Å². The van der Waals surface area contributed by atoms with Crippen LogP contribution in [0.25, 0.3) is 0 Å². The number of carbonyl (C=O) groups excluding carboxylic acids is 1. The van der Waals surface area contributed by atoms with E-state index in [1.807, 2.05) is 13.8 Å². The van der Waals surface area contributed by atoms with Crippen molar-refractivity contribution in [2.45, 2.75) is 18.7 Å². The van der Waals surface area contributed by atoms with Gasteiger partial charge in [-0.1, -0.05) is 13.8 Å². The Morgan fingerprint density at radius 3 is 2.62 bits per heavy atom. The fourth-order valence-electron chi connectivity index (χ4n) is 1.56. The minimum Gasteiger partial charge on any atom is -0.398 e. The first-order chi connectivity index (χ1) is 9.64. The maximum absolute atomic E-state index is 13.2. The topological polar surface area (TPSA) is 92.5 Å². The summed E-state index contributed by atoms with van der Waals surface area (Å²) in [6.07, 6.45) is 0. The molecule has 0 aliphatic rings. The molecule has 8 heteroatoms. The van der Waals surface area contributed by atoms with Gasteiger partial charge in [-0.05, 0) is 24.1 Å². The third-order valence-electron chi connectivity index (χ3n) is 2.74. The van der Waals surface area contributed by atoms with E-state index in [-0.39, 0.29) is 23.0 Å². The molecule has 0 saturated heterocycles. The summed E-state index contributed by atoms with van der Waals surface area (Å²) in [4.78, 5) is 11.3. The zero-order valence-electron chi connectivity index (χ0n) is 12.3.